The molecule has 2 aliphatic rings. The van der Waals surface area contributed by atoms with Crippen LogP contribution in [-0.4, -0.2) is 45.2 Å². The van der Waals surface area contributed by atoms with Crippen molar-refractivity contribution in [3.05, 3.63) is 59.2 Å². The van der Waals surface area contributed by atoms with Crippen molar-refractivity contribution in [2.75, 3.05) is 35.1 Å². The van der Waals surface area contributed by atoms with Crippen molar-refractivity contribution in [3.8, 4) is 0 Å². The molecule has 0 spiro atoms. The first-order chi connectivity index (χ1) is 14.0. The van der Waals surface area contributed by atoms with E-state index in [1.807, 2.05) is 23.1 Å². The van der Waals surface area contributed by atoms with Gasteiger partial charge in [0.1, 0.15) is 0 Å². The Bertz CT molecular complexity index is 1070. The van der Waals surface area contributed by atoms with Crippen molar-refractivity contribution in [3.63, 3.8) is 0 Å². The van der Waals surface area contributed by atoms with Gasteiger partial charge >= 0.3 is 6.03 Å². The summed E-state index contributed by atoms with van der Waals surface area (Å²) in [6, 6.07) is 14.1. The molecular formula is C23H29N3O3S. The Morgan fingerprint density at radius 3 is 2.30 bits per heavy atom. The molecule has 0 radical (unpaired) electrons. The summed E-state index contributed by atoms with van der Waals surface area (Å²) in [7, 11) is -3.27. The first kappa shape index (κ1) is 20.7. The number of sulfonamides is 1. The Balaban J connectivity index is 1.48. The number of hydrogen-bond donors (Lipinski definition) is 0. The SMILES string of the molecule is CC(C)(C)c1ccc(CN2CCN(c3ccc4c(c3)CCN4S(C)(=O)=O)C2=O)cc1. The molecule has 0 bridgehead atoms. The molecule has 0 N–H and O–H groups in total. The van der Waals surface area contributed by atoms with Gasteiger partial charge < -0.3 is 4.90 Å². The van der Waals surface area contributed by atoms with Gasteiger partial charge in [-0.05, 0) is 46.7 Å². The molecule has 0 aromatic heterocycles. The second-order valence-corrected chi connectivity index (χ2v) is 11.1. The highest BCUT2D eigenvalue weighted by molar-refractivity contribution is 7.92. The van der Waals surface area contributed by atoms with Gasteiger partial charge in [-0.1, -0.05) is 45.0 Å². The maximum Gasteiger partial charge on any atom is 0.324 e. The molecular weight excluding hydrogens is 398 g/mol. The van der Waals surface area contributed by atoms with E-state index in [0.29, 0.717) is 32.6 Å². The van der Waals surface area contributed by atoms with E-state index >= 15 is 0 Å². The summed E-state index contributed by atoms with van der Waals surface area (Å²) in [4.78, 5) is 16.7. The van der Waals surface area contributed by atoms with Crippen molar-refractivity contribution in [1.29, 1.82) is 0 Å². The predicted octanol–water partition coefficient (Wildman–Crippen LogP) is 3.75. The van der Waals surface area contributed by atoms with Gasteiger partial charge in [-0.15, -0.1) is 0 Å². The zero-order valence-electron chi connectivity index (χ0n) is 18.1. The smallest absolute Gasteiger partial charge is 0.318 e. The minimum atomic E-state index is -3.27. The molecule has 7 heteroatoms. The highest BCUT2D eigenvalue weighted by Gasteiger charge is 2.32. The van der Waals surface area contributed by atoms with Crippen molar-refractivity contribution >= 4 is 27.4 Å². The molecule has 0 unspecified atom stereocenters. The van der Waals surface area contributed by atoms with Crippen LogP contribution in [0.5, 0.6) is 0 Å². The van der Waals surface area contributed by atoms with Crippen LogP contribution in [0.1, 0.15) is 37.5 Å². The van der Waals surface area contributed by atoms with Crippen LogP contribution in [0, 0.1) is 0 Å². The van der Waals surface area contributed by atoms with Gasteiger partial charge in [0.05, 0.1) is 11.9 Å². The molecule has 0 atom stereocenters. The van der Waals surface area contributed by atoms with Gasteiger partial charge in [0.15, 0.2) is 0 Å². The van der Waals surface area contributed by atoms with E-state index in [2.05, 4.69) is 45.0 Å². The highest BCUT2D eigenvalue weighted by Crippen LogP contribution is 2.34. The zero-order valence-corrected chi connectivity index (χ0v) is 18.9. The molecule has 2 aliphatic heterocycles. The normalized spacial score (nSPS) is 17.1. The third-order valence-electron chi connectivity index (χ3n) is 5.92. The number of carbonyl (C=O) groups excluding carboxylic acids is 1. The van der Waals surface area contributed by atoms with Gasteiger partial charge in [0.25, 0.3) is 0 Å². The fourth-order valence-electron chi connectivity index (χ4n) is 4.17. The minimum absolute atomic E-state index is 0.00665. The molecule has 1 saturated heterocycles. The Kier molecular flexibility index (Phi) is 5.04. The maximum atomic E-state index is 13.0. The van der Waals surface area contributed by atoms with Crippen LogP contribution >= 0.6 is 0 Å². The van der Waals surface area contributed by atoms with E-state index in [-0.39, 0.29) is 11.4 Å². The van der Waals surface area contributed by atoms with E-state index in [1.54, 1.807) is 4.90 Å². The second kappa shape index (κ2) is 7.30. The van der Waals surface area contributed by atoms with Crippen LogP contribution in [0.3, 0.4) is 0 Å². The van der Waals surface area contributed by atoms with E-state index in [9.17, 15) is 13.2 Å². The Labute approximate surface area is 179 Å². The molecule has 2 amide bonds. The molecule has 2 aromatic carbocycles. The molecule has 2 heterocycles. The number of rotatable bonds is 4. The molecule has 6 nitrogen and oxygen atoms in total. The molecule has 1 fully saturated rings. The lowest BCUT2D eigenvalue weighted by Crippen LogP contribution is -2.31. The van der Waals surface area contributed by atoms with Crippen LogP contribution < -0.4 is 9.21 Å². The van der Waals surface area contributed by atoms with E-state index in [4.69, 9.17) is 0 Å². The molecule has 0 saturated carbocycles. The first-order valence-electron chi connectivity index (χ1n) is 10.3. The number of urea groups is 1. The average Bonchev–Trinajstić information content (AvgIpc) is 3.25. The van der Waals surface area contributed by atoms with Crippen LogP contribution in [-0.2, 0) is 28.4 Å². The number of carbonyl (C=O) groups is 1. The Morgan fingerprint density at radius 2 is 1.67 bits per heavy atom. The topological polar surface area (TPSA) is 60.9 Å². The molecule has 30 heavy (non-hydrogen) atoms. The number of hydrogen-bond acceptors (Lipinski definition) is 3. The first-order valence-corrected chi connectivity index (χ1v) is 12.2. The zero-order chi connectivity index (χ0) is 21.7. The number of anilines is 2. The molecule has 2 aromatic rings. The second-order valence-electron chi connectivity index (χ2n) is 9.20. The highest BCUT2D eigenvalue weighted by atomic mass is 32.2. The van der Waals surface area contributed by atoms with Crippen LogP contribution in [0.4, 0.5) is 16.2 Å². The van der Waals surface area contributed by atoms with E-state index in [0.717, 1.165) is 22.5 Å². The monoisotopic (exact) mass is 427 g/mol. The summed E-state index contributed by atoms with van der Waals surface area (Å²) < 4.78 is 25.3. The lowest BCUT2D eigenvalue weighted by molar-refractivity contribution is 0.219. The van der Waals surface area contributed by atoms with Crippen molar-refractivity contribution in [1.82, 2.24) is 4.90 Å². The fourth-order valence-corrected chi connectivity index (χ4v) is 5.13. The Morgan fingerprint density at radius 1 is 0.967 bits per heavy atom. The predicted molar refractivity (Wildman–Crippen MR) is 121 cm³/mol. The summed E-state index contributed by atoms with van der Waals surface area (Å²) in [5.41, 5.74) is 5.04. The quantitative estimate of drug-likeness (QED) is 0.747. The van der Waals surface area contributed by atoms with Crippen LogP contribution in [0.15, 0.2) is 42.5 Å². The fraction of sp³-hybridized carbons (Fsp3) is 0.435. The van der Waals surface area contributed by atoms with Gasteiger partial charge in [0.2, 0.25) is 10.0 Å². The van der Waals surface area contributed by atoms with E-state index in [1.165, 1.54) is 16.1 Å². The van der Waals surface area contributed by atoms with E-state index < -0.39 is 10.0 Å². The lowest BCUT2D eigenvalue weighted by atomic mass is 9.87. The molecule has 4 rings (SSSR count). The summed E-state index contributed by atoms with van der Waals surface area (Å²) >= 11 is 0. The summed E-state index contributed by atoms with van der Waals surface area (Å²) in [6.07, 6.45) is 1.90. The summed E-state index contributed by atoms with van der Waals surface area (Å²) in [6.45, 7) is 8.93. The van der Waals surface area contributed by atoms with Crippen LogP contribution in [0.25, 0.3) is 0 Å². The number of amides is 2. The average molecular weight is 428 g/mol. The molecule has 0 aliphatic carbocycles. The lowest BCUT2D eigenvalue weighted by Gasteiger charge is -2.22. The van der Waals surface area contributed by atoms with Crippen molar-refractivity contribution in [2.45, 2.75) is 39.2 Å². The third-order valence-corrected chi connectivity index (χ3v) is 7.10. The molecule has 160 valence electrons. The number of fused-ring (bicyclic) bond motifs is 1. The minimum Gasteiger partial charge on any atom is -0.318 e. The maximum absolute atomic E-state index is 13.0. The van der Waals surface area contributed by atoms with Crippen LogP contribution in [0.2, 0.25) is 0 Å². The Hall–Kier alpha value is -2.54. The largest absolute Gasteiger partial charge is 0.324 e. The number of benzene rings is 2. The summed E-state index contributed by atoms with van der Waals surface area (Å²) in [5.74, 6) is 0. The number of nitrogens with zero attached hydrogens (tertiary/aromatic N) is 3. The van der Waals surface area contributed by atoms with Crippen molar-refractivity contribution < 1.29 is 13.2 Å². The standard InChI is InChI=1S/C23H29N3O3S/c1-23(2,3)19-7-5-17(6-8-19)16-24-13-14-25(22(24)27)20-9-10-21-18(15-20)11-12-26(21)30(4,28)29/h5-10,15H,11-14,16H2,1-4H3. The third kappa shape index (κ3) is 3.90. The van der Waals surface area contributed by atoms with Gasteiger partial charge in [0, 0.05) is 31.9 Å². The van der Waals surface area contributed by atoms with Gasteiger partial charge in [-0.2, -0.15) is 0 Å². The van der Waals surface area contributed by atoms with Crippen molar-refractivity contribution in [2.24, 2.45) is 0 Å². The van der Waals surface area contributed by atoms with Gasteiger partial charge in [-0.3, -0.25) is 9.21 Å². The van der Waals surface area contributed by atoms with Gasteiger partial charge in [-0.25, -0.2) is 13.2 Å². The summed E-state index contributed by atoms with van der Waals surface area (Å²) in [5, 5.41) is 0.